The first-order chi connectivity index (χ1) is 6.11. The maximum Gasteiger partial charge on any atom is 0.273 e. The molecule has 0 bridgehead atoms. The lowest BCUT2D eigenvalue weighted by molar-refractivity contribution is 0.0265. The maximum absolute atomic E-state index is 11.4. The minimum Gasteiger partial charge on any atom is -0.358 e. The topological polar surface area (TPSA) is 44.1 Å². The van der Waals surface area contributed by atoms with Crippen LogP contribution in [0.1, 0.15) is 19.5 Å². The van der Waals surface area contributed by atoms with Gasteiger partial charge in [0.25, 0.3) is 5.56 Å². The molecule has 1 aromatic heterocycles. The summed E-state index contributed by atoms with van der Waals surface area (Å²) in [6.45, 7) is 5.84. The zero-order valence-electron chi connectivity index (χ0n) is 8.15. The van der Waals surface area contributed by atoms with E-state index in [1.165, 1.54) is 4.57 Å². The van der Waals surface area contributed by atoms with Crippen LogP contribution in [0.2, 0.25) is 0 Å². The molecule has 1 rings (SSSR count). The van der Waals surface area contributed by atoms with Gasteiger partial charge < -0.3 is 4.74 Å². The summed E-state index contributed by atoms with van der Waals surface area (Å²) in [4.78, 5) is 15.3. The first-order valence-corrected chi connectivity index (χ1v) is 4.25. The van der Waals surface area contributed by atoms with E-state index in [0.29, 0.717) is 12.4 Å². The molecule has 0 spiro atoms. The van der Waals surface area contributed by atoms with Crippen molar-refractivity contribution < 1.29 is 4.74 Å². The Balaban J connectivity index is 2.78. The second kappa shape index (κ2) is 4.18. The Kier molecular flexibility index (Phi) is 3.19. The van der Waals surface area contributed by atoms with Crippen LogP contribution in [-0.4, -0.2) is 15.7 Å². The fraction of sp³-hybridized carbons (Fsp3) is 0.556. The molecule has 0 aromatic carbocycles. The summed E-state index contributed by atoms with van der Waals surface area (Å²) in [5.41, 5.74) is 0.401. The van der Waals surface area contributed by atoms with Gasteiger partial charge in [0.15, 0.2) is 0 Å². The highest BCUT2D eigenvalue weighted by Crippen LogP contribution is 1.90. The maximum atomic E-state index is 11.4. The molecule has 4 heteroatoms. The van der Waals surface area contributed by atoms with Gasteiger partial charge in [-0.2, -0.15) is 0 Å². The quantitative estimate of drug-likeness (QED) is 0.698. The Morgan fingerprint density at radius 2 is 2.31 bits per heavy atom. The SMILES string of the molecule is Cc1nccn(COC(C)C)c1=O. The summed E-state index contributed by atoms with van der Waals surface area (Å²) in [5.74, 6) is 0. The Hall–Kier alpha value is -1.16. The minimum absolute atomic E-state index is 0.0943. The standard InChI is InChI=1S/C9H14N2O2/c1-7(2)13-6-11-5-4-10-8(3)9(11)12/h4-5,7H,6H2,1-3H3. The molecule has 0 atom stereocenters. The van der Waals surface area contributed by atoms with Crippen LogP contribution in [0.5, 0.6) is 0 Å². The van der Waals surface area contributed by atoms with Gasteiger partial charge in [-0.25, -0.2) is 0 Å². The van der Waals surface area contributed by atoms with Gasteiger partial charge in [0.2, 0.25) is 0 Å². The van der Waals surface area contributed by atoms with Crippen molar-refractivity contribution in [2.45, 2.75) is 33.6 Å². The van der Waals surface area contributed by atoms with Crippen LogP contribution in [0.25, 0.3) is 0 Å². The number of hydrogen-bond acceptors (Lipinski definition) is 3. The van der Waals surface area contributed by atoms with Crippen molar-refractivity contribution in [1.82, 2.24) is 9.55 Å². The van der Waals surface area contributed by atoms with Crippen molar-refractivity contribution >= 4 is 0 Å². The van der Waals surface area contributed by atoms with Crippen LogP contribution in [0.3, 0.4) is 0 Å². The summed E-state index contributed by atoms with van der Waals surface area (Å²) >= 11 is 0. The molecule has 0 aliphatic heterocycles. The van der Waals surface area contributed by atoms with Crippen LogP contribution in [0.4, 0.5) is 0 Å². The molecule has 72 valence electrons. The number of aryl methyl sites for hydroxylation is 1. The molecular formula is C9H14N2O2. The lowest BCUT2D eigenvalue weighted by atomic mass is 10.5. The minimum atomic E-state index is -0.0943. The monoisotopic (exact) mass is 182 g/mol. The van der Waals surface area contributed by atoms with Crippen molar-refractivity contribution in [1.29, 1.82) is 0 Å². The largest absolute Gasteiger partial charge is 0.358 e. The zero-order valence-corrected chi connectivity index (χ0v) is 8.15. The Labute approximate surface area is 77.2 Å². The molecule has 0 aliphatic carbocycles. The molecule has 0 amide bonds. The van der Waals surface area contributed by atoms with Gasteiger partial charge in [-0.1, -0.05) is 0 Å². The molecular weight excluding hydrogens is 168 g/mol. The lowest BCUT2D eigenvalue weighted by Gasteiger charge is -2.09. The van der Waals surface area contributed by atoms with E-state index in [-0.39, 0.29) is 11.7 Å². The Morgan fingerprint density at radius 1 is 1.62 bits per heavy atom. The smallest absolute Gasteiger partial charge is 0.273 e. The first kappa shape index (κ1) is 9.92. The third-order valence-electron chi connectivity index (χ3n) is 1.63. The number of hydrogen-bond donors (Lipinski definition) is 0. The van der Waals surface area contributed by atoms with Crippen molar-refractivity contribution in [2.75, 3.05) is 0 Å². The molecule has 0 saturated heterocycles. The molecule has 0 unspecified atom stereocenters. The van der Waals surface area contributed by atoms with Gasteiger partial charge in [0, 0.05) is 12.4 Å². The molecule has 0 N–H and O–H groups in total. The third kappa shape index (κ3) is 2.66. The summed E-state index contributed by atoms with van der Waals surface area (Å²) in [6.07, 6.45) is 3.35. The van der Waals surface area contributed by atoms with Crippen LogP contribution in [0, 0.1) is 6.92 Å². The van der Waals surface area contributed by atoms with Crippen LogP contribution < -0.4 is 5.56 Å². The average Bonchev–Trinajstić information content (AvgIpc) is 2.07. The van der Waals surface area contributed by atoms with Crippen molar-refractivity contribution in [2.24, 2.45) is 0 Å². The summed E-state index contributed by atoms with van der Waals surface area (Å²) < 4.78 is 6.80. The van der Waals surface area contributed by atoms with Crippen LogP contribution in [0.15, 0.2) is 17.2 Å². The van der Waals surface area contributed by atoms with Crippen LogP contribution >= 0.6 is 0 Å². The second-order valence-corrected chi connectivity index (χ2v) is 3.13. The van der Waals surface area contributed by atoms with Gasteiger partial charge >= 0.3 is 0 Å². The number of nitrogens with zero attached hydrogens (tertiary/aromatic N) is 2. The number of rotatable bonds is 3. The van der Waals surface area contributed by atoms with E-state index in [9.17, 15) is 4.79 Å². The molecule has 4 nitrogen and oxygen atoms in total. The van der Waals surface area contributed by atoms with Crippen molar-refractivity contribution in [3.8, 4) is 0 Å². The Morgan fingerprint density at radius 3 is 2.92 bits per heavy atom. The molecule has 1 heterocycles. The van der Waals surface area contributed by atoms with Gasteiger partial charge in [0.05, 0.1) is 6.10 Å². The molecule has 0 saturated carbocycles. The average molecular weight is 182 g/mol. The summed E-state index contributed by atoms with van der Waals surface area (Å²) in [5, 5.41) is 0. The van der Waals surface area contributed by atoms with Crippen molar-refractivity contribution in [3.63, 3.8) is 0 Å². The van der Waals surface area contributed by atoms with E-state index in [4.69, 9.17) is 4.74 Å². The summed E-state index contributed by atoms with van der Waals surface area (Å²) in [6, 6.07) is 0. The fourth-order valence-electron chi connectivity index (χ4n) is 0.887. The highest BCUT2D eigenvalue weighted by molar-refractivity contribution is 4.93. The molecule has 1 aromatic rings. The molecule has 0 radical (unpaired) electrons. The fourth-order valence-corrected chi connectivity index (χ4v) is 0.887. The second-order valence-electron chi connectivity index (χ2n) is 3.13. The highest BCUT2D eigenvalue weighted by atomic mass is 16.5. The predicted octanol–water partition coefficient (Wildman–Crippen LogP) is 0.934. The van der Waals surface area contributed by atoms with Gasteiger partial charge in [-0.05, 0) is 20.8 Å². The number of ether oxygens (including phenoxy) is 1. The van der Waals surface area contributed by atoms with Gasteiger partial charge in [-0.15, -0.1) is 0 Å². The van der Waals surface area contributed by atoms with E-state index >= 15 is 0 Å². The molecule has 0 fully saturated rings. The predicted molar refractivity (Wildman–Crippen MR) is 49.5 cm³/mol. The zero-order chi connectivity index (χ0) is 9.84. The van der Waals surface area contributed by atoms with E-state index < -0.39 is 0 Å². The van der Waals surface area contributed by atoms with E-state index in [1.807, 2.05) is 13.8 Å². The summed E-state index contributed by atoms with van der Waals surface area (Å²) in [7, 11) is 0. The van der Waals surface area contributed by atoms with Gasteiger partial charge in [-0.3, -0.25) is 14.3 Å². The number of aromatic nitrogens is 2. The van der Waals surface area contributed by atoms with E-state index in [0.717, 1.165) is 0 Å². The first-order valence-electron chi connectivity index (χ1n) is 4.25. The Bertz CT molecular complexity index is 331. The van der Waals surface area contributed by atoms with E-state index in [1.54, 1.807) is 19.3 Å². The van der Waals surface area contributed by atoms with Crippen LogP contribution in [-0.2, 0) is 11.5 Å². The normalized spacial score (nSPS) is 10.8. The molecule has 13 heavy (non-hydrogen) atoms. The molecule has 0 aliphatic rings. The third-order valence-corrected chi connectivity index (χ3v) is 1.63. The van der Waals surface area contributed by atoms with E-state index in [2.05, 4.69) is 4.98 Å². The van der Waals surface area contributed by atoms with Gasteiger partial charge in [0.1, 0.15) is 12.4 Å². The van der Waals surface area contributed by atoms with Crippen molar-refractivity contribution in [3.05, 3.63) is 28.4 Å². The highest BCUT2D eigenvalue weighted by Gasteiger charge is 2.00. The lowest BCUT2D eigenvalue weighted by Crippen LogP contribution is -2.24.